The van der Waals surface area contributed by atoms with Crippen LogP contribution < -0.4 is 9.47 Å². The van der Waals surface area contributed by atoms with Crippen molar-refractivity contribution in [3.05, 3.63) is 71.6 Å². The molecule has 1 aromatic heterocycles. The van der Waals surface area contributed by atoms with Crippen LogP contribution in [-0.4, -0.2) is 37.6 Å². The molecule has 0 fully saturated rings. The van der Waals surface area contributed by atoms with Crippen molar-refractivity contribution in [2.24, 2.45) is 0 Å². The summed E-state index contributed by atoms with van der Waals surface area (Å²) in [7, 11) is 0. The van der Waals surface area contributed by atoms with Crippen LogP contribution in [0.3, 0.4) is 0 Å². The molecule has 0 spiro atoms. The topological polar surface area (TPSA) is 10.4 Å². The highest BCUT2D eigenvalue weighted by Gasteiger charge is 2.13. The van der Waals surface area contributed by atoms with Crippen LogP contribution in [0.4, 0.5) is 14.5 Å². The Kier molecular flexibility index (Phi) is 8.95. The maximum atomic E-state index is 15.2. The highest BCUT2D eigenvalue weighted by molar-refractivity contribution is 5.95. The van der Waals surface area contributed by atoms with E-state index in [1.54, 1.807) is 24.4 Å². The number of benzene rings is 2. The summed E-state index contributed by atoms with van der Waals surface area (Å²) >= 11 is 0. The first-order valence-corrected chi connectivity index (χ1v) is 12.1. The minimum absolute atomic E-state index is 0.205. The number of aromatic nitrogens is 1. The van der Waals surface area contributed by atoms with Gasteiger partial charge in [-0.15, -0.1) is 0 Å². The Morgan fingerprint density at radius 3 is 2.21 bits per heavy atom. The minimum Gasteiger partial charge on any atom is -0.370 e. The number of fused-ring (bicyclic) bond motifs is 1. The van der Waals surface area contributed by atoms with E-state index < -0.39 is 0 Å². The second kappa shape index (κ2) is 11.9. The van der Waals surface area contributed by atoms with E-state index in [1.165, 1.54) is 0 Å². The standard InChI is InChI=1S/C28H36F2N3/c1-5-31(6-2)18-10-19-32-20-17-23(26(29)21-32)14-13-22-11-9-12-25-24(22)15-16-27(28(25)30)33(7-3)8-4/h9,11-17,20-21H,5-8,10,18-19H2,1-4H3/q+1/b14-13+. The van der Waals surface area contributed by atoms with Gasteiger partial charge in [0.05, 0.1) is 5.69 Å². The molecule has 0 aliphatic carbocycles. The van der Waals surface area contributed by atoms with E-state index in [9.17, 15) is 4.39 Å². The summed E-state index contributed by atoms with van der Waals surface area (Å²) < 4.78 is 31.8. The third-order valence-corrected chi connectivity index (χ3v) is 6.34. The number of rotatable bonds is 11. The van der Waals surface area contributed by atoms with Gasteiger partial charge in [0.25, 0.3) is 0 Å². The molecule has 33 heavy (non-hydrogen) atoms. The minimum atomic E-state index is -0.258. The van der Waals surface area contributed by atoms with Crippen LogP contribution >= 0.6 is 0 Å². The van der Waals surface area contributed by atoms with Gasteiger partial charge in [0.1, 0.15) is 6.54 Å². The molecular weight excluding hydrogens is 416 g/mol. The lowest BCUT2D eigenvalue weighted by Gasteiger charge is -2.22. The normalized spacial score (nSPS) is 11.7. The fourth-order valence-electron chi connectivity index (χ4n) is 4.28. The van der Waals surface area contributed by atoms with Crippen molar-refractivity contribution < 1.29 is 13.3 Å². The third kappa shape index (κ3) is 5.97. The SMILES string of the molecule is CCN(CC)CCC[n+]1ccc(/C=C/c2cccc3c(F)c(N(CC)CC)ccc23)c(F)c1. The van der Waals surface area contributed by atoms with E-state index in [0.29, 0.717) is 16.6 Å². The quantitative estimate of drug-likeness (QED) is 0.323. The average Bonchev–Trinajstić information content (AvgIpc) is 2.83. The molecule has 0 saturated carbocycles. The van der Waals surface area contributed by atoms with Crippen molar-refractivity contribution in [3.63, 3.8) is 0 Å². The van der Waals surface area contributed by atoms with Crippen LogP contribution in [0.1, 0.15) is 45.2 Å². The fraction of sp³-hybridized carbons (Fsp3) is 0.393. The summed E-state index contributed by atoms with van der Waals surface area (Å²) in [6.45, 7) is 13.7. The molecule has 0 unspecified atom stereocenters. The predicted molar refractivity (Wildman–Crippen MR) is 135 cm³/mol. The van der Waals surface area contributed by atoms with Gasteiger partial charge in [-0.3, -0.25) is 0 Å². The molecule has 0 aliphatic heterocycles. The Morgan fingerprint density at radius 1 is 0.818 bits per heavy atom. The van der Waals surface area contributed by atoms with E-state index in [0.717, 1.165) is 56.6 Å². The van der Waals surface area contributed by atoms with E-state index >= 15 is 4.39 Å². The van der Waals surface area contributed by atoms with E-state index in [1.807, 2.05) is 59.9 Å². The van der Waals surface area contributed by atoms with Crippen molar-refractivity contribution in [1.82, 2.24) is 4.90 Å². The molecule has 2 aromatic carbocycles. The van der Waals surface area contributed by atoms with Crippen LogP contribution in [0, 0.1) is 11.6 Å². The molecule has 5 heteroatoms. The Hall–Kier alpha value is -2.79. The van der Waals surface area contributed by atoms with Gasteiger partial charge in [-0.2, -0.15) is 4.39 Å². The highest BCUT2D eigenvalue weighted by Crippen LogP contribution is 2.30. The van der Waals surface area contributed by atoms with Crippen molar-refractivity contribution in [2.45, 2.75) is 40.7 Å². The number of aryl methyl sites for hydroxylation is 1. The lowest BCUT2D eigenvalue weighted by Crippen LogP contribution is -2.36. The van der Waals surface area contributed by atoms with Crippen LogP contribution in [0.2, 0.25) is 0 Å². The molecule has 1 heterocycles. The Morgan fingerprint density at radius 2 is 1.55 bits per heavy atom. The number of hydrogen-bond donors (Lipinski definition) is 0. The first-order valence-electron chi connectivity index (χ1n) is 12.1. The van der Waals surface area contributed by atoms with Crippen molar-refractivity contribution in [3.8, 4) is 0 Å². The van der Waals surface area contributed by atoms with E-state index in [4.69, 9.17) is 0 Å². The summed E-state index contributed by atoms with van der Waals surface area (Å²) in [5.41, 5.74) is 2.01. The summed E-state index contributed by atoms with van der Waals surface area (Å²) in [5.74, 6) is -0.463. The highest BCUT2D eigenvalue weighted by atomic mass is 19.1. The zero-order valence-corrected chi connectivity index (χ0v) is 20.3. The molecule has 176 valence electrons. The molecule has 3 nitrogen and oxygen atoms in total. The number of anilines is 1. The third-order valence-electron chi connectivity index (χ3n) is 6.34. The van der Waals surface area contributed by atoms with Gasteiger partial charge in [0, 0.05) is 43.1 Å². The Bertz CT molecular complexity index is 1090. The maximum absolute atomic E-state index is 15.2. The number of nitrogens with zero attached hydrogens (tertiary/aromatic N) is 3. The number of hydrogen-bond acceptors (Lipinski definition) is 2. The van der Waals surface area contributed by atoms with Gasteiger partial charge in [-0.1, -0.05) is 50.3 Å². The van der Waals surface area contributed by atoms with Crippen LogP contribution in [0.5, 0.6) is 0 Å². The molecule has 0 atom stereocenters. The van der Waals surface area contributed by atoms with Crippen LogP contribution in [-0.2, 0) is 6.54 Å². The molecule has 0 saturated heterocycles. The number of pyridine rings is 1. The van der Waals surface area contributed by atoms with Gasteiger partial charge < -0.3 is 9.80 Å². The van der Waals surface area contributed by atoms with Crippen LogP contribution in [0.25, 0.3) is 22.9 Å². The smallest absolute Gasteiger partial charge is 0.205 e. The molecule has 3 rings (SSSR count). The largest absolute Gasteiger partial charge is 0.370 e. The molecule has 3 aromatic rings. The van der Waals surface area contributed by atoms with Gasteiger partial charge >= 0.3 is 0 Å². The maximum Gasteiger partial charge on any atom is 0.205 e. The Balaban J connectivity index is 1.79. The second-order valence-electron chi connectivity index (χ2n) is 8.21. The summed E-state index contributed by atoms with van der Waals surface area (Å²) in [4.78, 5) is 4.37. The van der Waals surface area contributed by atoms with Crippen molar-refractivity contribution in [1.29, 1.82) is 0 Å². The summed E-state index contributed by atoms with van der Waals surface area (Å²) in [6, 6.07) is 11.2. The summed E-state index contributed by atoms with van der Waals surface area (Å²) in [5, 5.41) is 1.41. The Labute approximate surface area is 197 Å². The predicted octanol–water partition coefficient (Wildman–Crippen LogP) is 6.15. The van der Waals surface area contributed by atoms with Crippen molar-refractivity contribution in [2.75, 3.05) is 37.6 Å². The lowest BCUT2D eigenvalue weighted by atomic mass is 10.0. The van der Waals surface area contributed by atoms with Gasteiger partial charge in [0.2, 0.25) is 6.20 Å². The van der Waals surface area contributed by atoms with Gasteiger partial charge in [0.15, 0.2) is 17.8 Å². The monoisotopic (exact) mass is 452 g/mol. The molecule has 0 bridgehead atoms. The van der Waals surface area contributed by atoms with E-state index in [-0.39, 0.29) is 11.6 Å². The first-order chi connectivity index (χ1) is 16.0. The summed E-state index contributed by atoms with van der Waals surface area (Å²) in [6.07, 6.45) is 8.09. The number of halogens is 2. The van der Waals surface area contributed by atoms with Crippen molar-refractivity contribution >= 4 is 28.6 Å². The van der Waals surface area contributed by atoms with E-state index in [2.05, 4.69) is 18.7 Å². The first kappa shape index (κ1) is 24.8. The average molecular weight is 453 g/mol. The van der Waals surface area contributed by atoms with Gasteiger partial charge in [-0.05, 0) is 44.0 Å². The lowest BCUT2D eigenvalue weighted by molar-refractivity contribution is -0.698. The zero-order chi connectivity index (χ0) is 23.8. The van der Waals surface area contributed by atoms with Crippen LogP contribution in [0.15, 0.2) is 48.8 Å². The van der Waals surface area contributed by atoms with Gasteiger partial charge in [-0.25, -0.2) is 8.96 Å². The molecule has 0 amide bonds. The second-order valence-corrected chi connectivity index (χ2v) is 8.21. The fourth-order valence-corrected chi connectivity index (χ4v) is 4.28. The molecule has 0 aliphatic rings. The molecule has 0 N–H and O–H groups in total. The molecular formula is C28H36F2N3+. The molecule has 0 radical (unpaired) electrons. The zero-order valence-electron chi connectivity index (χ0n) is 20.3.